The number of para-hydroxylation sites is 3. The smallest absolute Gasteiger partial charge is 0 e. The van der Waals surface area contributed by atoms with E-state index in [1.165, 1.54) is 37.9 Å². The molecule has 0 aliphatic carbocycles. The first-order chi connectivity index (χ1) is 29.9. The van der Waals surface area contributed by atoms with Gasteiger partial charge < -0.3 is 9.30 Å². The van der Waals surface area contributed by atoms with Crippen LogP contribution in [0.25, 0.3) is 50.5 Å². The Balaban J connectivity index is 0.000000246. The van der Waals surface area contributed by atoms with Gasteiger partial charge in [0, 0.05) is 42.5 Å². The van der Waals surface area contributed by atoms with Gasteiger partial charge in [0.15, 0.2) is 0 Å². The van der Waals surface area contributed by atoms with E-state index in [9.17, 15) is 0 Å². The Bertz CT molecular complexity index is 2900. The fourth-order valence-electron chi connectivity index (χ4n) is 8.78. The molecule has 63 heavy (non-hydrogen) atoms. The van der Waals surface area contributed by atoms with Crippen molar-refractivity contribution < 1.29 is 26.2 Å². The van der Waals surface area contributed by atoms with E-state index in [0.717, 1.165) is 56.3 Å². The number of hydrogen-bond donors (Lipinski definition) is 0. The van der Waals surface area contributed by atoms with Crippen molar-refractivity contribution in [3.05, 3.63) is 180 Å². The maximum absolute atomic E-state index is 8.44. The van der Waals surface area contributed by atoms with Crippen molar-refractivity contribution in [2.45, 2.75) is 95.8 Å². The molecule has 1 radical (unpaired) electrons. The molecule has 0 bridgehead atoms. The Morgan fingerprint density at radius 1 is 0.683 bits per heavy atom. The van der Waals surface area contributed by atoms with Crippen LogP contribution in [0.2, 0.25) is 17.3 Å². The number of benzene rings is 6. The van der Waals surface area contributed by atoms with Crippen LogP contribution in [0.3, 0.4) is 0 Å². The maximum atomic E-state index is 8.44. The zero-order valence-electron chi connectivity index (χ0n) is 39.5. The van der Waals surface area contributed by atoms with Crippen molar-refractivity contribution in [2.24, 2.45) is 0 Å². The number of fused-ring (bicyclic) bond motifs is 3. The zero-order chi connectivity index (χ0) is 44.8. The van der Waals surface area contributed by atoms with Crippen LogP contribution in [0.4, 0.5) is 0 Å². The average Bonchev–Trinajstić information content (AvgIpc) is 3.65. The van der Waals surface area contributed by atoms with E-state index < -0.39 is 19.2 Å². The number of hydrogen-bond acceptors (Lipinski definition) is 3. The van der Waals surface area contributed by atoms with Gasteiger partial charge in [-0.05, 0) is 64.4 Å². The van der Waals surface area contributed by atoms with Gasteiger partial charge in [-0.25, -0.2) is 0 Å². The van der Waals surface area contributed by atoms with E-state index in [4.69, 9.17) is 11.1 Å². The Labute approximate surface area is 393 Å². The summed E-state index contributed by atoms with van der Waals surface area (Å²) in [5, 5.41) is 0. The number of ether oxygens (including phenoxy) is 1. The van der Waals surface area contributed by atoms with Crippen LogP contribution in [0.5, 0.6) is 11.5 Å². The first-order valence-electron chi connectivity index (χ1n) is 22.5. The van der Waals surface area contributed by atoms with Gasteiger partial charge in [0.1, 0.15) is 5.75 Å². The predicted molar refractivity (Wildman–Crippen MR) is 263 cm³/mol. The molecule has 1 aliphatic heterocycles. The topological polar surface area (TPSA) is 39.9 Å². The summed E-state index contributed by atoms with van der Waals surface area (Å²) in [7, 11) is 0. The Hall–Kier alpha value is -5.07. The predicted octanol–water partition coefficient (Wildman–Crippen LogP) is 15.1. The SMILES string of the molecule is CC(C)c1cc(-c2ccccc2)cc(C(C)C)c1-n1c(-c2[c-]ccc3c2Oc2ccccc2C3(C)C)nc2ccccc21.[2H]C(C)(C)c1cc(-c2[c-]cccc2)nc[c]1[Ge]([CH3])([CH3])[CH3].[Ir]. The Morgan fingerprint density at radius 2 is 1.33 bits per heavy atom. The van der Waals surface area contributed by atoms with Gasteiger partial charge in [0.2, 0.25) is 0 Å². The molecule has 0 saturated carbocycles. The fourth-order valence-corrected chi connectivity index (χ4v) is 12.1. The summed E-state index contributed by atoms with van der Waals surface area (Å²) in [6.45, 7) is 17.6. The first-order valence-corrected chi connectivity index (χ1v) is 29.3. The van der Waals surface area contributed by atoms with Gasteiger partial charge in [-0.15, -0.1) is 18.2 Å². The Kier molecular flexibility index (Phi) is 13.1. The van der Waals surface area contributed by atoms with Crippen LogP contribution in [-0.2, 0) is 25.5 Å². The molecule has 1 aliphatic rings. The standard InChI is InChI=1S/C40H37N2O.C17H22GeN.Ir/c1-25(2)30-23-28(27-15-8-7-9-16-27)24-31(26(3)4)37(30)42-35-21-12-11-20-34(35)41-39(42)29-17-14-19-33-38(29)43-36-22-13-10-18-32(36)40(33,5)6;1-13(2)15-11-17(14-9-7-6-8-10-14)19-12-16(15)18(3,4)5;/h7-16,18-26H,1-6H3;6-9,11-13H,1-5H3;/q2*-1;/i;13D;. The molecule has 6 heteroatoms. The molecule has 0 fully saturated rings. The molecular formula is C57H59GeIrN3O-2. The summed E-state index contributed by atoms with van der Waals surface area (Å²) >= 11 is -2.03. The van der Waals surface area contributed by atoms with Crippen molar-refractivity contribution in [1.82, 2.24) is 14.5 Å². The molecule has 0 atom stereocenters. The van der Waals surface area contributed by atoms with Gasteiger partial charge >= 0.3 is 120 Å². The molecule has 0 N–H and O–H groups in total. The van der Waals surface area contributed by atoms with E-state index in [2.05, 4.69) is 178 Å². The minimum absolute atomic E-state index is 0. The zero-order valence-corrected chi connectivity index (χ0v) is 43.0. The number of rotatable bonds is 8. The molecular weight excluding hydrogens is 1010 g/mol. The molecule has 4 nitrogen and oxygen atoms in total. The fraction of sp³-hybridized carbons (Fsp3) is 0.263. The maximum Gasteiger partial charge on any atom is 0 e. The molecule has 0 saturated heterocycles. The van der Waals surface area contributed by atoms with Crippen molar-refractivity contribution in [3.8, 4) is 51.0 Å². The summed E-state index contributed by atoms with van der Waals surface area (Å²) < 4.78 is 18.9. The van der Waals surface area contributed by atoms with Gasteiger partial charge in [-0.2, -0.15) is 0 Å². The van der Waals surface area contributed by atoms with Crippen molar-refractivity contribution in [2.75, 3.05) is 0 Å². The van der Waals surface area contributed by atoms with E-state index in [1.807, 2.05) is 56.4 Å². The number of aromatic nitrogens is 3. The molecule has 2 aromatic heterocycles. The average molecular weight is 1070 g/mol. The van der Waals surface area contributed by atoms with Crippen LogP contribution in [0.15, 0.2) is 140 Å². The summed E-state index contributed by atoms with van der Waals surface area (Å²) in [4.78, 5) is 9.93. The van der Waals surface area contributed by atoms with E-state index >= 15 is 0 Å². The Morgan fingerprint density at radius 3 is 1.98 bits per heavy atom. The van der Waals surface area contributed by atoms with Crippen LogP contribution in [0, 0.1) is 12.1 Å². The van der Waals surface area contributed by atoms with Gasteiger partial charge in [-0.3, -0.25) is 4.98 Å². The molecule has 8 aromatic rings. The number of imidazole rings is 1. The molecule has 323 valence electrons. The van der Waals surface area contributed by atoms with E-state index in [-0.39, 0.29) is 25.5 Å². The van der Waals surface area contributed by atoms with E-state index in [0.29, 0.717) is 11.8 Å². The van der Waals surface area contributed by atoms with E-state index in [1.54, 1.807) is 0 Å². The second-order valence-electron chi connectivity index (χ2n) is 18.9. The first kappa shape index (κ1) is 44.5. The van der Waals surface area contributed by atoms with Gasteiger partial charge in [0.25, 0.3) is 0 Å². The third kappa shape index (κ3) is 9.03. The minimum Gasteiger partial charge on any atom is 0 e. The summed E-state index contributed by atoms with van der Waals surface area (Å²) in [5.41, 5.74) is 14.3. The molecule has 0 spiro atoms. The summed E-state index contributed by atoms with van der Waals surface area (Å²) in [6, 6.07) is 53.2. The number of nitrogens with zero attached hydrogens (tertiary/aromatic N) is 3. The summed E-state index contributed by atoms with van der Waals surface area (Å²) in [5.74, 6) is 9.61. The second-order valence-corrected chi connectivity index (χ2v) is 29.5. The largest absolute Gasteiger partial charge is 0 e. The molecule has 9 rings (SSSR count). The van der Waals surface area contributed by atoms with Crippen molar-refractivity contribution >= 4 is 28.7 Å². The van der Waals surface area contributed by atoms with Crippen LogP contribution in [-0.4, -0.2) is 27.8 Å². The van der Waals surface area contributed by atoms with Gasteiger partial charge in [0.05, 0.1) is 16.9 Å². The third-order valence-corrected chi connectivity index (χ3v) is 16.4. The third-order valence-electron chi connectivity index (χ3n) is 12.2. The van der Waals surface area contributed by atoms with Crippen LogP contribution >= 0.6 is 0 Å². The minimum atomic E-state index is -2.03. The van der Waals surface area contributed by atoms with Crippen molar-refractivity contribution in [3.63, 3.8) is 0 Å². The van der Waals surface area contributed by atoms with Crippen molar-refractivity contribution in [1.29, 1.82) is 0 Å². The van der Waals surface area contributed by atoms with Gasteiger partial charge in [-0.1, -0.05) is 113 Å². The molecule has 0 amide bonds. The number of pyridine rings is 1. The molecule has 6 aromatic carbocycles. The summed E-state index contributed by atoms with van der Waals surface area (Å²) in [6.07, 6.45) is 2.00. The monoisotopic (exact) mass is 1070 g/mol. The second kappa shape index (κ2) is 18.6. The van der Waals surface area contributed by atoms with Crippen LogP contribution in [0.1, 0.15) is 102 Å². The molecule has 3 heterocycles. The normalized spacial score (nSPS) is 13.3. The quantitative estimate of drug-likeness (QED) is 0.112. The molecule has 0 unspecified atom stereocenters. The van der Waals surface area contributed by atoms with Crippen LogP contribution < -0.4 is 9.13 Å².